The number of benzene rings is 2. The zero-order valence-corrected chi connectivity index (χ0v) is 22.6. The smallest absolute Gasteiger partial charge is 0.119 e. The van der Waals surface area contributed by atoms with Gasteiger partial charge in [0.25, 0.3) is 0 Å². The Balaban J connectivity index is 1.01. The van der Waals surface area contributed by atoms with Gasteiger partial charge in [0.05, 0.1) is 32.1 Å². The van der Waals surface area contributed by atoms with Crippen molar-refractivity contribution in [2.45, 2.75) is 46.2 Å². The van der Waals surface area contributed by atoms with Gasteiger partial charge in [0, 0.05) is 25.2 Å². The lowest BCUT2D eigenvalue weighted by Crippen LogP contribution is -2.19. The summed E-state index contributed by atoms with van der Waals surface area (Å²) in [5, 5.41) is 12.0. The number of nitrogens with zero attached hydrogens (tertiary/aromatic N) is 3. The van der Waals surface area contributed by atoms with Crippen molar-refractivity contribution >= 4 is 0 Å². The summed E-state index contributed by atoms with van der Waals surface area (Å²) in [6.45, 7) is 9.02. The molecule has 2 aromatic carbocycles. The van der Waals surface area contributed by atoms with E-state index in [0.717, 1.165) is 49.5 Å². The summed E-state index contributed by atoms with van der Waals surface area (Å²) in [4.78, 5) is 0. The van der Waals surface area contributed by atoms with Crippen molar-refractivity contribution in [3.05, 3.63) is 95.3 Å². The first-order valence-corrected chi connectivity index (χ1v) is 13.6. The number of allylic oxidation sites excluding steroid dienone is 2. The molecular weight excluding hydrogens is 476 g/mol. The molecule has 3 aromatic rings. The maximum absolute atomic E-state index is 5.91. The zero-order chi connectivity index (χ0) is 26.4. The Labute approximate surface area is 226 Å². The van der Waals surface area contributed by atoms with E-state index in [1.807, 2.05) is 23.0 Å². The van der Waals surface area contributed by atoms with Crippen LogP contribution in [0, 0.1) is 19.8 Å². The van der Waals surface area contributed by atoms with Gasteiger partial charge in [0.1, 0.15) is 18.1 Å². The van der Waals surface area contributed by atoms with Crippen LogP contribution in [-0.4, -0.2) is 48.0 Å². The Morgan fingerprint density at radius 2 is 1.61 bits per heavy atom. The fourth-order valence-corrected chi connectivity index (χ4v) is 4.36. The molecule has 202 valence electrons. The molecule has 4 rings (SSSR count). The van der Waals surface area contributed by atoms with Crippen molar-refractivity contribution in [2.24, 2.45) is 5.92 Å². The van der Waals surface area contributed by atoms with Gasteiger partial charge in [-0.1, -0.05) is 47.7 Å². The topological polar surface area (TPSA) is 70.4 Å². The number of aromatic nitrogens is 3. The second-order valence-electron chi connectivity index (χ2n) is 9.77. The predicted octanol–water partition coefficient (Wildman–Crippen LogP) is 5.22. The number of hydrogen-bond donors (Lipinski definition) is 1. The minimum atomic E-state index is 0.515. The quantitative estimate of drug-likeness (QED) is 0.248. The third-order valence-electron chi connectivity index (χ3n) is 6.30. The van der Waals surface area contributed by atoms with Crippen LogP contribution in [0.3, 0.4) is 0 Å². The van der Waals surface area contributed by atoms with Gasteiger partial charge in [0.15, 0.2) is 0 Å². The first-order chi connectivity index (χ1) is 18.6. The van der Waals surface area contributed by atoms with Gasteiger partial charge < -0.3 is 19.5 Å². The second-order valence-corrected chi connectivity index (χ2v) is 9.77. The van der Waals surface area contributed by atoms with Crippen LogP contribution in [0.25, 0.3) is 0 Å². The van der Waals surface area contributed by atoms with E-state index in [1.54, 1.807) is 0 Å². The number of unbranched alkanes of at least 4 members (excludes halogenated alkanes) is 1. The third-order valence-corrected chi connectivity index (χ3v) is 6.30. The molecule has 1 N–H and O–H groups in total. The number of hydrogen-bond acceptors (Lipinski definition) is 6. The van der Waals surface area contributed by atoms with Crippen LogP contribution in [0.4, 0.5) is 0 Å². The highest BCUT2D eigenvalue weighted by atomic mass is 16.5. The van der Waals surface area contributed by atoms with Crippen LogP contribution in [0.2, 0.25) is 0 Å². The van der Waals surface area contributed by atoms with Gasteiger partial charge in [-0.05, 0) is 74.1 Å². The summed E-state index contributed by atoms with van der Waals surface area (Å²) in [6, 6.07) is 14.6. The van der Waals surface area contributed by atoms with Crippen LogP contribution in [0.1, 0.15) is 35.2 Å². The molecule has 0 amide bonds. The molecule has 0 atom stereocenters. The Morgan fingerprint density at radius 3 is 2.39 bits per heavy atom. The molecule has 0 unspecified atom stereocenters. The van der Waals surface area contributed by atoms with E-state index in [4.69, 9.17) is 14.2 Å². The van der Waals surface area contributed by atoms with Gasteiger partial charge in [-0.25, -0.2) is 4.68 Å². The van der Waals surface area contributed by atoms with Gasteiger partial charge in [-0.15, -0.1) is 5.10 Å². The minimum absolute atomic E-state index is 0.515. The molecule has 1 heterocycles. The Kier molecular flexibility index (Phi) is 11.0. The third kappa shape index (κ3) is 9.80. The lowest BCUT2D eigenvalue weighted by atomic mass is 10.1. The molecule has 1 aliphatic carbocycles. The fraction of sp³-hybridized carbons (Fsp3) is 0.419. The maximum Gasteiger partial charge on any atom is 0.119 e. The molecule has 0 fully saturated rings. The van der Waals surface area contributed by atoms with E-state index in [1.165, 1.54) is 16.7 Å². The molecule has 1 aliphatic rings. The monoisotopic (exact) mass is 516 g/mol. The van der Waals surface area contributed by atoms with Crippen LogP contribution in [0.5, 0.6) is 11.5 Å². The van der Waals surface area contributed by atoms with Gasteiger partial charge in [-0.2, -0.15) is 0 Å². The van der Waals surface area contributed by atoms with E-state index in [0.29, 0.717) is 38.9 Å². The molecule has 1 aromatic heterocycles. The van der Waals surface area contributed by atoms with Crippen LogP contribution < -0.4 is 14.8 Å². The molecule has 7 heteroatoms. The first kappa shape index (κ1) is 27.6. The number of ether oxygens (including phenoxy) is 3. The van der Waals surface area contributed by atoms with Crippen molar-refractivity contribution in [2.75, 3.05) is 33.0 Å². The minimum Gasteiger partial charge on any atom is -0.494 e. The van der Waals surface area contributed by atoms with E-state index in [2.05, 4.69) is 84.1 Å². The van der Waals surface area contributed by atoms with Crippen LogP contribution in [-0.2, 0) is 24.2 Å². The largest absolute Gasteiger partial charge is 0.494 e. The van der Waals surface area contributed by atoms with Crippen molar-refractivity contribution < 1.29 is 14.2 Å². The van der Waals surface area contributed by atoms with Crippen molar-refractivity contribution in [1.29, 1.82) is 0 Å². The Bertz CT molecular complexity index is 1140. The highest BCUT2D eigenvalue weighted by Gasteiger charge is 2.04. The second kappa shape index (κ2) is 15.1. The predicted molar refractivity (Wildman–Crippen MR) is 151 cm³/mol. The van der Waals surface area contributed by atoms with Gasteiger partial charge in [-0.3, -0.25) is 0 Å². The SMILES string of the molecule is Cc1cc(C)cc(OCCOCCn2cc(CCCCOc3ccc(CNCC4C=CC=C4)cc3)nn2)c1. The average molecular weight is 517 g/mol. The van der Waals surface area contributed by atoms with Gasteiger partial charge >= 0.3 is 0 Å². The summed E-state index contributed by atoms with van der Waals surface area (Å²) >= 11 is 0. The molecule has 0 aliphatic heterocycles. The van der Waals surface area contributed by atoms with E-state index < -0.39 is 0 Å². The number of rotatable bonds is 17. The molecule has 0 radical (unpaired) electrons. The van der Waals surface area contributed by atoms with Crippen molar-refractivity contribution in [3.63, 3.8) is 0 Å². The molecule has 0 saturated carbocycles. The molecule has 38 heavy (non-hydrogen) atoms. The molecule has 0 spiro atoms. The number of nitrogens with one attached hydrogen (secondary N) is 1. The fourth-order valence-electron chi connectivity index (χ4n) is 4.36. The highest BCUT2D eigenvalue weighted by Crippen LogP contribution is 2.16. The molecule has 0 saturated heterocycles. The highest BCUT2D eigenvalue weighted by molar-refractivity contribution is 5.33. The zero-order valence-electron chi connectivity index (χ0n) is 22.6. The number of aryl methyl sites for hydroxylation is 3. The standard InChI is InChI=1S/C31H40N4O3/c1-25-19-26(2)21-31(20-25)38-18-17-36-16-14-35-24-29(33-34-35)9-5-6-15-37-30-12-10-28(11-13-30)23-32-22-27-7-3-4-8-27/h3-4,7-8,10-13,19-21,24,27,32H,5-6,9,14-18,22-23H2,1-2H3. The lowest BCUT2D eigenvalue weighted by Gasteiger charge is -2.09. The summed E-state index contributed by atoms with van der Waals surface area (Å²) in [7, 11) is 0. The lowest BCUT2D eigenvalue weighted by molar-refractivity contribution is 0.0923. The van der Waals surface area contributed by atoms with Crippen LogP contribution >= 0.6 is 0 Å². The average Bonchev–Trinajstić information content (AvgIpc) is 3.59. The summed E-state index contributed by atoms with van der Waals surface area (Å²) in [5.41, 5.74) is 4.68. The van der Waals surface area contributed by atoms with Crippen molar-refractivity contribution in [3.8, 4) is 11.5 Å². The normalized spacial score (nSPS) is 12.9. The molecular formula is C31H40N4O3. The molecule has 7 nitrogen and oxygen atoms in total. The molecule has 0 bridgehead atoms. The maximum atomic E-state index is 5.91. The summed E-state index contributed by atoms with van der Waals surface area (Å²) in [6.07, 6.45) is 13.5. The van der Waals surface area contributed by atoms with Crippen molar-refractivity contribution in [1.82, 2.24) is 20.3 Å². The van der Waals surface area contributed by atoms with Gasteiger partial charge in [0.2, 0.25) is 0 Å². The summed E-state index contributed by atoms with van der Waals surface area (Å²) < 4.78 is 19.2. The Hall–Kier alpha value is -3.42. The first-order valence-electron chi connectivity index (χ1n) is 13.6. The van der Waals surface area contributed by atoms with E-state index in [-0.39, 0.29) is 0 Å². The van der Waals surface area contributed by atoms with Crippen LogP contribution in [0.15, 0.2) is 73.0 Å². The van der Waals surface area contributed by atoms with E-state index in [9.17, 15) is 0 Å². The Morgan fingerprint density at radius 1 is 0.842 bits per heavy atom. The van der Waals surface area contributed by atoms with E-state index >= 15 is 0 Å². The summed E-state index contributed by atoms with van der Waals surface area (Å²) in [5.74, 6) is 2.33.